The fraction of sp³-hybridized carbons (Fsp3) is 0.529. The Bertz CT molecular complexity index is 574. The molecular formula is C17H24BrNO5. The molecule has 134 valence electrons. The number of amides is 1. The van der Waals surface area contributed by atoms with Crippen molar-refractivity contribution < 1.29 is 23.8 Å². The van der Waals surface area contributed by atoms with Crippen molar-refractivity contribution in [3.63, 3.8) is 0 Å². The van der Waals surface area contributed by atoms with Gasteiger partial charge in [0, 0.05) is 6.54 Å². The van der Waals surface area contributed by atoms with Crippen LogP contribution in [0.15, 0.2) is 16.6 Å². The Hall–Kier alpha value is -1.76. The molecule has 0 heterocycles. The van der Waals surface area contributed by atoms with Gasteiger partial charge in [0.2, 0.25) is 0 Å². The lowest BCUT2D eigenvalue weighted by Gasteiger charge is -2.13. The molecule has 0 bridgehead atoms. The van der Waals surface area contributed by atoms with E-state index in [4.69, 9.17) is 14.2 Å². The van der Waals surface area contributed by atoms with Crippen LogP contribution in [0, 0.1) is 5.92 Å². The summed E-state index contributed by atoms with van der Waals surface area (Å²) in [5.74, 6) is 0.518. The highest BCUT2D eigenvalue weighted by atomic mass is 79.9. The molecule has 0 saturated carbocycles. The van der Waals surface area contributed by atoms with E-state index in [1.807, 2.05) is 6.92 Å². The van der Waals surface area contributed by atoms with E-state index in [2.05, 4.69) is 35.1 Å². The summed E-state index contributed by atoms with van der Waals surface area (Å²) in [4.78, 5) is 23.8. The van der Waals surface area contributed by atoms with Gasteiger partial charge in [-0.3, -0.25) is 4.79 Å². The first-order chi connectivity index (χ1) is 11.4. The van der Waals surface area contributed by atoms with Crippen LogP contribution in [0.4, 0.5) is 0 Å². The minimum Gasteiger partial charge on any atom is -0.492 e. The number of carbonyl (C=O) groups excluding carboxylic acids is 2. The number of nitrogens with one attached hydrogen (secondary N) is 1. The minimum atomic E-state index is -0.599. The molecule has 1 rings (SSSR count). The zero-order valence-electron chi connectivity index (χ0n) is 14.5. The number of esters is 1. The summed E-state index contributed by atoms with van der Waals surface area (Å²) in [7, 11) is 1.52. The molecule has 0 fully saturated rings. The number of ether oxygens (including phenoxy) is 3. The highest BCUT2D eigenvalue weighted by Crippen LogP contribution is 2.36. The molecule has 0 aliphatic carbocycles. The molecule has 0 saturated heterocycles. The Morgan fingerprint density at radius 1 is 1.29 bits per heavy atom. The third kappa shape index (κ3) is 6.39. The summed E-state index contributed by atoms with van der Waals surface area (Å²) >= 11 is 3.33. The molecule has 1 amide bonds. The third-order valence-corrected chi connectivity index (χ3v) is 3.72. The number of hydrogen-bond acceptors (Lipinski definition) is 5. The van der Waals surface area contributed by atoms with Crippen LogP contribution in [0.2, 0.25) is 0 Å². The number of methoxy groups -OCH3 is 1. The van der Waals surface area contributed by atoms with Gasteiger partial charge in [-0.15, -0.1) is 0 Å². The normalized spacial score (nSPS) is 10.4. The number of halogens is 1. The topological polar surface area (TPSA) is 73.9 Å². The van der Waals surface area contributed by atoms with E-state index >= 15 is 0 Å². The van der Waals surface area contributed by atoms with Gasteiger partial charge in [-0.2, -0.15) is 0 Å². The Morgan fingerprint density at radius 2 is 2.00 bits per heavy atom. The van der Waals surface area contributed by atoms with Gasteiger partial charge >= 0.3 is 5.97 Å². The quantitative estimate of drug-likeness (QED) is 0.643. The van der Waals surface area contributed by atoms with E-state index in [1.165, 1.54) is 13.2 Å². The van der Waals surface area contributed by atoms with Gasteiger partial charge in [-0.1, -0.05) is 13.8 Å². The van der Waals surface area contributed by atoms with E-state index in [1.54, 1.807) is 6.07 Å². The highest BCUT2D eigenvalue weighted by Gasteiger charge is 2.17. The van der Waals surface area contributed by atoms with Crippen LogP contribution < -0.4 is 14.8 Å². The zero-order valence-corrected chi connectivity index (χ0v) is 16.1. The maximum absolute atomic E-state index is 12.1. The van der Waals surface area contributed by atoms with Crippen molar-refractivity contribution in [2.24, 2.45) is 5.92 Å². The Kier molecular flexibility index (Phi) is 8.60. The van der Waals surface area contributed by atoms with Crippen LogP contribution in [0.5, 0.6) is 11.5 Å². The maximum atomic E-state index is 12.1. The summed E-state index contributed by atoms with van der Waals surface area (Å²) in [5, 5.41) is 2.71. The molecule has 1 aromatic rings. The Labute approximate surface area is 151 Å². The molecule has 0 aliphatic heterocycles. The molecule has 1 aromatic carbocycles. The molecule has 6 nitrogen and oxygen atoms in total. The lowest BCUT2D eigenvalue weighted by Crippen LogP contribution is -2.30. The maximum Gasteiger partial charge on any atom is 0.338 e. The van der Waals surface area contributed by atoms with Crippen molar-refractivity contribution in [3.05, 3.63) is 22.2 Å². The van der Waals surface area contributed by atoms with Crippen LogP contribution in [-0.4, -0.2) is 38.7 Å². The summed E-state index contributed by atoms with van der Waals surface area (Å²) in [6.07, 6.45) is 0.878. The molecule has 7 heteroatoms. The fourth-order valence-corrected chi connectivity index (χ4v) is 2.52. The molecule has 0 spiro atoms. The van der Waals surface area contributed by atoms with Crippen molar-refractivity contribution in [1.29, 1.82) is 0 Å². The SMILES string of the molecule is CCOc1cc(C(=O)OCC(=O)NCCC(C)C)cc(Br)c1OC. The van der Waals surface area contributed by atoms with E-state index in [0.717, 1.165) is 6.42 Å². The number of carbonyl (C=O) groups is 2. The molecule has 0 radical (unpaired) electrons. The molecule has 0 aromatic heterocycles. The Balaban J connectivity index is 2.66. The molecule has 0 unspecified atom stereocenters. The molecule has 1 N–H and O–H groups in total. The van der Waals surface area contributed by atoms with Crippen LogP contribution in [0.25, 0.3) is 0 Å². The second-order valence-corrected chi connectivity index (χ2v) is 6.39. The number of hydrogen-bond donors (Lipinski definition) is 1. The van der Waals surface area contributed by atoms with Crippen LogP contribution in [-0.2, 0) is 9.53 Å². The van der Waals surface area contributed by atoms with E-state index in [0.29, 0.717) is 35.0 Å². The van der Waals surface area contributed by atoms with Gasteiger partial charge in [0.1, 0.15) is 0 Å². The highest BCUT2D eigenvalue weighted by molar-refractivity contribution is 9.10. The van der Waals surface area contributed by atoms with Crippen LogP contribution in [0.1, 0.15) is 37.6 Å². The first kappa shape index (κ1) is 20.3. The van der Waals surface area contributed by atoms with Gasteiger partial charge in [-0.05, 0) is 47.3 Å². The predicted octanol–water partition coefficient (Wildman–Crippen LogP) is 3.18. The molecular weight excluding hydrogens is 378 g/mol. The van der Waals surface area contributed by atoms with Gasteiger partial charge < -0.3 is 19.5 Å². The number of benzene rings is 1. The largest absolute Gasteiger partial charge is 0.492 e. The zero-order chi connectivity index (χ0) is 18.1. The van der Waals surface area contributed by atoms with Gasteiger partial charge in [0.15, 0.2) is 18.1 Å². The smallest absolute Gasteiger partial charge is 0.338 e. The van der Waals surface area contributed by atoms with Crippen molar-refractivity contribution in [2.75, 3.05) is 26.9 Å². The van der Waals surface area contributed by atoms with Crippen molar-refractivity contribution in [3.8, 4) is 11.5 Å². The van der Waals surface area contributed by atoms with E-state index in [9.17, 15) is 9.59 Å². The van der Waals surface area contributed by atoms with Crippen molar-refractivity contribution in [2.45, 2.75) is 27.2 Å². The predicted molar refractivity (Wildman–Crippen MR) is 94.6 cm³/mol. The molecule has 0 atom stereocenters. The van der Waals surface area contributed by atoms with Gasteiger partial charge in [0.25, 0.3) is 5.91 Å². The van der Waals surface area contributed by atoms with E-state index < -0.39 is 5.97 Å². The lowest BCUT2D eigenvalue weighted by atomic mass is 10.1. The lowest BCUT2D eigenvalue weighted by molar-refractivity contribution is -0.124. The summed E-state index contributed by atoms with van der Waals surface area (Å²) in [5.41, 5.74) is 0.279. The molecule has 0 aliphatic rings. The minimum absolute atomic E-state index is 0.279. The first-order valence-electron chi connectivity index (χ1n) is 7.83. The summed E-state index contributed by atoms with van der Waals surface area (Å²) < 4.78 is 16.3. The summed E-state index contributed by atoms with van der Waals surface area (Å²) in [6.45, 7) is 6.66. The van der Waals surface area contributed by atoms with E-state index in [-0.39, 0.29) is 18.1 Å². The first-order valence-corrected chi connectivity index (χ1v) is 8.62. The fourth-order valence-electron chi connectivity index (χ4n) is 1.91. The number of rotatable bonds is 9. The standard InChI is InChI=1S/C17H24BrNO5/c1-5-23-14-9-12(8-13(18)16(14)22-4)17(21)24-10-15(20)19-7-6-11(2)3/h8-9,11H,5-7,10H2,1-4H3,(H,19,20). The molecule has 24 heavy (non-hydrogen) atoms. The van der Waals surface area contributed by atoms with Crippen molar-refractivity contribution in [1.82, 2.24) is 5.32 Å². The van der Waals surface area contributed by atoms with Crippen LogP contribution >= 0.6 is 15.9 Å². The summed E-state index contributed by atoms with van der Waals surface area (Å²) in [6, 6.07) is 3.10. The van der Waals surface area contributed by atoms with Crippen LogP contribution in [0.3, 0.4) is 0 Å². The van der Waals surface area contributed by atoms with Gasteiger partial charge in [0.05, 0.1) is 23.8 Å². The Morgan fingerprint density at radius 3 is 2.58 bits per heavy atom. The second-order valence-electron chi connectivity index (χ2n) is 5.53. The monoisotopic (exact) mass is 401 g/mol. The van der Waals surface area contributed by atoms with Gasteiger partial charge in [-0.25, -0.2) is 4.79 Å². The average molecular weight is 402 g/mol. The van der Waals surface area contributed by atoms with Crippen molar-refractivity contribution >= 4 is 27.8 Å². The average Bonchev–Trinajstić information content (AvgIpc) is 2.52. The third-order valence-electron chi connectivity index (χ3n) is 3.13. The second kappa shape index (κ2) is 10.2.